The second kappa shape index (κ2) is 10.5. The Morgan fingerprint density at radius 3 is 2.18 bits per heavy atom. The lowest BCUT2D eigenvalue weighted by molar-refractivity contribution is -0.150. The molecule has 2 aromatic carbocycles. The Bertz CT molecular complexity index is 825. The number of carbonyl (C=O) groups is 3. The summed E-state index contributed by atoms with van der Waals surface area (Å²) >= 11 is 0. The molecule has 0 atom stereocenters. The van der Waals surface area contributed by atoms with Gasteiger partial charge in [0.05, 0.1) is 12.2 Å². The highest BCUT2D eigenvalue weighted by atomic mass is 19.1. The van der Waals surface area contributed by atoms with Crippen molar-refractivity contribution in [3.8, 4) is 11.5 Å². The smallest absolute Gasteiger partial charge is 0.344 e. The number of esters is 1. The van der Waals surface area contributed by atoms with Gasteiger partial charge in [-0.05, 0) is 43.3 Å². The van der Waals surface area contributed by atoms with E-state index in [1.54, 1.807) is 24.3 Å². The molecule has 0 bridgehead atoms. The van der Waals surface area contributed by atoms with E-state index < -0.39 is 36.8 Å². The lowest BCUT2D eigenvalue weighted by Gasteiger charge is -2.09. The Hall–Kier alpha value is -3.62. The molecule has 8 nitrogen and oxygen atoms in total. The summed E-state index contributed by atoms with van der Waals surface area (Å²) in [6, 6.07) is 11.9. The summed E-state index contributed by atoms with van der Waals surface area (Å²) in [7, 11) is 0. The van der Waals surface area contributed by atoms with Gasteiger partial charge in [-0.25, -0.2) is 9.18 Å². The van der Waals surface area contributed by atoms with Crippen LogP contribution < -0.4 is 20.3 Å². The first-order valence-corrected chi connectivity index (χ1v) is 8.34. The third kappa shape index (κ3) is 6.60. The van der Waals surface area contributed by atoms with Gasteiger partial charge in [0.2, 0.25) is 0 Å². The molecule has 0 fully saturated rings. The predicted octanol–water partition coefficient (Wildman–Crippen LogP) is 1.61. The van der Waals surface area contributed by atoms with E-state index in [0.29, 0.717) is 18.1 Å². The van der Waals surface area contributed by atoms with Crippen molar-refractivity contribution in [1.29, 1.82) is 0 Å². The summed E-state index contributed by atoms with van der Waals surface area (Å²) in [5, 5.41) is 0. The molecular weight excluding hydrogens is 371 g/mol. The lowest BCUT2D eigenvalue weighted by atomic mass is 10.2. The molecule has 0 saturated carbocycles. The highest BCUT2D eigenvalue weighted by molar-refractivity contribution is 5.95. The molecule has 0 aliphatic rings. The molecule has 2 rings (SSSR count). The van der Waals surface area contributed by atoms with Gasteiger partial charge in [0, 0.05) is 0 Å². The molecule has 2 N–H and O–H groups in total. The zero-order valence-electron chi connectivity index (χ0n) is 15.1. The largest absolute Gasteiger partial charge is 0.494 e. The van der Waals surface area contributed by atoms with Crippen LogP contribution in [0.3, 0.4) is 0 Å². The molecule has 148 valence electrons. The van der Waals surface area contributed by atoms with Gasteiger partial charge in [-0.2, -0.15) is 0 Å². The van der Waals surface area contributed by atoms with Crippen LogP contribution in [0.4, 0.5) is 4.39 Å². The Balaban J connectivity index is 1.67. The van der Waals surface area contributed by atoms with Crippen molar-refractivity contribution >= 4 is 17.8 Å². The number of carbonyl (C=O) groups excluding carboxylic acids is 3. The van der Waals surface area contributed by atoms with E-state index in [1.165, 1.54) is 18.2 Å². The Morgan fingerprint density at radius 2 is 1.54 bits per heavy atom. The number of nitrogens with one attached hydrogen (secondary N) is 2. The molecule has 0 radical (unpaired) electrons. The van der Waals surface area contributed by atoms with Gasteiger partial charge < -0.3 is 14.2 Å². The van der Waals surface area contributed by atoms with Crippen molar-refractivity contribution < 1.29 is 33.0 Å². The molecule has 9 heteroatoms. The van der Waals surface area contributed by atoms with Crippen molar-refractivity contribution in [3.63, 3.8) is 0 Å². The average Bonchev–Trinajstić information content (AvgIpc) is 2.70. The highest BCUT2D eigenvalue weighted by Gasteiger charge is 2.13. The number of amides is 2. The van der Waals surface area contributed by atoms with E-state index in [-0.39, 0.29) is 5.56 Å². The molecule has 28 heavy (non-hydrogen) atoms. The summed E-state index contributed by atoms with van der Waals surface area (Å²) in [5.41, 5.74) is 3.81. The van der Waals surface area contributed by atoms with Crippen molar-refractivity contribution in [2.24, 2.45) is 0 Å². The van der Waals surface area contributed by atoms with Crippen LogP contribution >= 0.6 is 0 Å². The molecule has 0 unspecified atom stereocenters. The van der Waals surface area contributed by atoms with E-state index in [4.69, 9.17) is 14.2 Å². The van der Waals surface area contributed by atoms with Gasteiger partial charge in [-0.15, -0.1) is 0 Å². The summed E-state index contributed by atoms with van der Waals surface area (Å²) in [6.07, 6.45) is 0. The fourth-order valence-electron chi connectivity index (χ4n) is 2.00. The highest BCUT2D eigenvalue weighted by Crippen LogP contribution is 2.17. The third-order valence-corrected chi connectivity index (χ3v) is 3.29. The maximum absolute atomic E-state index is 13.4. The average molecular weight is 390 g/mol. The number of rotatable bonds is 8. The normalized spacial score (nSPS) is 9.93. The first-order chi connectivity index (χ1) is 13.5. The predicted molar refractivity (Wildman–Crippen MR) is 96.1 cm³/mol. The van der Waals surface area contributed by atoms with E-state index in [1.807, 2.05) is 17.8 Å². The Labute approximate surface area is 160 Å². The first kappa shape index (κ1) is 20.7. The van der Waals surface area contributed by atoms with Crippen LogP contribution in [0.15, 0.2) is 48.5 Å². The van der Waals surface area contributed by atoms with Crippen molar-refractivity contribution in [3.05, 3.63) is 59.9 Å². The Morgan fingerprint density at radius 1 is 0.893 bits per heavy atom. The minimum absolute atomic E-state index is 0.233. The van der Waals surface area contributed by atoms with E-state index in [2.05, 4.69) is 0 Å². The quantitative estimate of drug-likeness (QED) is 0.524. The van der Waals surface area contributed by atoms with Crippen LogP contribution in [-0.4, -0.2) is 37.6 Å². The monoisotopic (exact) mass is 390 g/mol. The number of hydrogen-bond acceptors (Lipinski definition) is 6. The molecule has 0 aliphatic heterocycles. The summed E-state index contributed by atoms with van der Waals surface area (Å²) < 4.78 is 28.7. The van der Waals surface area contributed by atoms with Gasteiger partial charge in [-0.1, -0.05) is 12.1 Å². The van der Waals surface area contributed by atoms with Crippen LogP contribution in [0.2, 0.25) is 0 Å². The SMILES string of the molecule is CCOc1ccc(OCC(=O)OCC(=O)NNC(=O)c2ccccc2F)cc1. The second-order valence-corrected chi connectivity index (χ2v) is 5.34. The van der Waals surface area contributed by atoms with Gasteiger partial charge in [0.1, 0.15) is 17.3 Å². The molecule has 0 aromatic heterocycles. The fourth-order valence-corrected chi connectivity index (χ4v) is 2.00. The fraction of sp³-hybridized carbons (Fsp3) is 0.211. The molecule has 0 spiro atoms. The van der Waals surface area contributed by atoms with Gasteiger partial charge in [0.15, 0.2) is 13.2 Å². The Kier molecular flexibility index (Phi) is 7.77. The molecular formula is C19H19FN2O6. The number of hydrogen-bond donors (Lipinski definition) is 2. The topological polar surface area (TPSA) is 103 Å². The lowest BCUT2D eigenvalue weighted by Crippen LogP contribution is -2.44. The summed E-state index contributed by atoms with van der Waals surface area (Å²) in [4.78, 5) is 34.9. The molecule has 2 amide bonds. The minimum Gasteiger partial charge on any atom is -0.494 e. The van der Waals surface area contributed by atoms with Crippen molar-refractivity contribution in [2.75, 3.05) is 19.8 Å². The van der Waals surface area contributed by atoms with E-state index in [0.717, 1.165) is 6.07 Å². The zero-order chi connectivity index (χ0) is 20.4. The number of ether oxygens (including phenoxy) is 3. The zero-order valence-corrected chi connectivity index (χ0v) is 15.1. The van der Waals surface area contributed by atoms with Gasteiger partial charge in [-0.3, -0.25) is 20.4 Å². The third-order valence-electron chi connectivity index (χ3n) is 3.29. The molecule has 0 aliphatic carbocycles. The second-order valence-electron chi connectivity index (χ2n) is 5.34. The number of halogens is 1. The van der Waals surface area contributed by atoms with Crippen LogP contribution in [0.5, 0.6) is 11.5 Å². The molecule has 0 heterocycles. The van der Waals surface area contributed by atoms with Gasteiger partial charge >= 0.3 is 5.97 Å². The standard InChI is InChI=1S/C19H19FN2O6/c1-2-26-13-7-9-14(10-8-13)27-12-18(24)28-11-17(23)21-22-19(25)15-5-3-4-6-16(15)20/h3-10H,2,11-12H2,1H3,(H,21,23)(H,22,25). The molecule has 2 aromatic rings. The summed E-state index contributed by atoms with van der Waals surface area (Å²) in [6.45, 7) is 1.36. The van der Waals surface area contributed by atoms with Crippen molar-refractivity contribution in [1.82, 2.24) is 10.9 Å². The number of hydrazine groups is 1. The van der Waals surface area contributed by atoms with Crippen LogP contribution in [0, 0.1) is 5.82 Å². The molecule has 0 saturated heterocycles. The van der Waals surface area contributed by atoms with Crippen LogP contribution in [0.1, 0.15) is 17.3 Å². The maximum atomic E-state index is 13.4. The van der Waals surface area contributed by atoms with Crippen LogP contribution in [0.25, 0.3) is 0 Å². The van der Waals surface area contributed by atoms with E-state index >= 15 is 0 Å². The maximum Gasteiger partial charge on any atom is 0.344 e. The van der Waals surface area contributed by atoms with E-state index in [9.17, 15) is 18.8 Å². The minimum atomic E-state index is -0.836. The van der Waals surface area contributed by atoms with Gasteiger partial charge in [0.25, 0.3) is 11.8 Å². The number of benzene rings is 2. The first-order valence-electron chi connectivity index (χ1n) is 8.34. The van der Waals surface area contributed by atoms with Crippen LogP contribution in [-0.2, 0) is 14.3 Å². The summed E-state index contributed by atoms with van der Waals surface area (Å²) in [5.74, 6) is -2.03. The van der Waals surface area contributed by atoms with Crippen molar-refractivity contribution in [2.45, 2.75) is 6.92 Å².